The highest BCUT2D eigenvalue weighted by molar-refractivity contribution is 6.31. The van der Waals surface area contributed by atoms with Crippen LogP contribution in [0, 0.1) is 13.8 Å². The van der Waals surface area contributed by atoms with Crippen LogP contribution in [0.2, 0.25) is 5.15 Å². The van der Waals surface area contributed by atoms with Gasteiger partial charge in [-0.15, -0.1) is 0 Å². The number of hydrogen-bond acceptors (Lipinski definition) is 3. The lowest BCUT2D eigenvalue weighted by Gasteiger charge is -2.04. The Bertz CT molecular complexity index is 1270. The largest absolute Gasteiger partial charge is 0.345 e. The van der Waals surface area contributed by atoms with Crippen molar-refractivity contribution >= 4 is 34.6 Å². The van der Waals surface area contributed by atoms with Crippen molar-refractivity contribution in [1.29, 1.82) is 0 Å². The number of nitrogens with zero attached hydrogens (tertiary/aromatic N) is 4. The lowest BCUT2D eigenvalue weighted by Crippen LogP contribution is -2.22. The average Bonchev–Trinajstić information content (AvgIpc) is 3.22. The zero-order chi connectivity index (χ0) is 22.0. The van der Waals surface area contributed by atoms with E-state index in [1.807, 2.05) is 42.8 Å². The van der Waals surface area contributed by atoms with Gasteiger partial charge in [0.2, 0.25) is 5.91 Å². The Morgan fingerprint density at radius 2 is 1.87 bits per heavy atom. The number of carbonyl (C=O) groups is 1. The Morgan fingerprint density at radius 1 is 1.13 bits per heavy atom. The van der Waals surface area contributed by atoms with Gasteiger partial charge in [-0.3, -0.25) is 4.79 Å². The van der Waals surface area contributed by atoms with E-state index in [0.29, 0.717) is 18.2 Å². The lowest BCUT2D eigenvalue weighted by atomic mass is 10.1. The van der Waals surface area contributed by atoms with E-state index in [2.05, 4.69) is 46.6 Å². The van der Waals surface area contributed by atoms with Crippen LogP contribution in [0.5, 0.6) is 0 Å². The molecule has 4 rings (SSSR count). The van der Waals surface area contributed by atoms with Gasteiger partial charge in [-0.05, 0) is 37.6 Å². The van der Waals surface area contributed by atoms with Crippen LogP contribution < -0.4 is 5.32 Å². The molecule has 0 atom stereocenters. The molecule has 2 aromatic carbocycles. The molecule has 4 aromatic rings. The molecular formula is C24H24ClN5O. The number of benzene rings is 2. The molecule has 1 N–H and O–H groups in total. The average molecular weight is 434 g/mol. The highest BCUT2D eigenvalue weighted by Crippen LogP contribution is 2.22. The topological polar surface area (TPSA) is 64.7 Å². The maximum Gasteiger partial charge on any atom is 0.244 e. The molecule has 2 aromatic heterocycles. The zero-order valence-electron chi connectivity index (χ0n) is 17.8. The highest BCUT2D eigenvalue weighted by atomic mass is 35.5. The molecular weight excluding hydrogens is 410 g/mol. The molecule has 0 bridgehead atoms. The second-order valence-electron chi connectivity index (χ2n) is 7.56. The fourth-order valence-electron chi connectivity index (χ4n) is 3.47. The summed E-state index contributed by atoms with van der Waals surface area (Å²) in [5.41, 5.74) is 5.78. The number of carbonyl (C=O) groups excluding carboxylic acids is 1. The number of para-hydroxylation sites is 2. The third-order valence-corrected chi connectivity index (χ3v) is 5.66. The fourth-order valence-corrected chi connectivity index (χ4v) is 3.76. The van der Waals surface area contributed by atoms with Gasteiger partial charge in [0.1, 0.15) is 11.0 Å². The molecule has 0 unspecified atom stereocenters. The van der Waals surface area contributed by atoms with E-state index in [4.69, 9.17) is 11.6 Å². The number of amides is 1. The first-order chi connectivity index (χ1) is 14.9. The van der Waals surface area contributed by atoms with Crippen molar-refractivity contribution in [2.75, 3.05) is 0 Å². The Balaban J connectivity index is 1.42. The van der Waals surface area contributed by atoms with Crippen LogP contribution in [-0.4, -0.2) is 25.2 Å². The van der Waals surface area contributed by atoms with Gasteiger partial charge >= 0.3 is 0 Å². The van der Waals surface area contributed by atoms with Gasteiger partial charge in [-0.25, -0.2) is 9.67 Å². The molecule has 31 heavy (non-hydrogen) atoms. The van der Waals surface area contributed by atoms with Gasteiger partial charge in [-0.2, -0.15) is 5.10 Å². The maximum atomic E-state index is 12.4. The SMILES string of the molecule is Cc1ccc(Cn2nc(C)c(/C=C/C(=O)NCc3nc4ccccc4n3C)c2Cl)cc1. The standard InChI is InChI=1S/C24H24ClN5O/c1-16-8-10-18(11-9-16)15-30-24(25)19(17(2)28-30)12-13-23(31)26-14-22-27-20-6-4-5-7-21(20)29(22)3/h4-13H,14-15H2,1-3H3,(H,26,31)/b13-12+. The second kappa shape index (κ2) is 8.78. The molecule has 0 aliphatic carbocycles. The monoisotopic (exact) mass is 433 g/mol. The van der Waals surface area contributed by atoms with Crippen LogP contribution in [0.15, 0.2) is 54.6 Å². The van der Waals surface area contributed by atoms with Crippen molar-refractivity contribution in [3.8, 4) is 0 Å². The molecule has 2 heterocycles. The molecule has 0 saturated carbocycles. The Labute approximate surface area is 186 Å². The summed E-state index contributed by atoms with van der Waals surface area (Å²) in [6.07, 6.45) is 3.19. The van der Waals surface area contributed by atoms with Crippen molar-refractivity contribution in [3.63, 3.8) is 0 Å². The summed E-state index contributed by atoms with van der Waals surface area (Å²) in [5, 5.41) is 7.92. The first-order valence-electron chi connectivity index (χ1n) is 10.1. The van der Waals surface area contributed by atoms with Gasteiger partial charge in [0.15, 0.2) is 0 Å². The minimum absolute atomic E-state index is 0.214. The van der Waals surface area contributed by atoms with Gasteiger partial charge < -0.3 is 9.88 Å². The minimum Gasteiger partial charge on any atom is -0.345 e. The van der Waals surface area contributed by atoms with Crippen molar-refractivity contribution in [2.24, 2.45) is 7.05 Å². The normalized spacial score (nSPS) is 11.5. The van der Waals surface area contributed by atoms with E-state index < -0.39 is 0 Å². The van der Waals surface area contributed by atoms with Crippen molar-refractivity contribution in [2.45, 2.75) is 26.9 Å². The molecule has 158 valence electrons. The third kappa shape index (κ3) is 4.54. The van der Waals surface area contributed by atoms with Gasteiger partial charge in [-0.1, -0.05) is 53.6 Å². The Hall–Kier alpha value is -3.38. The smallest absolute Gasteiger partial charge is 0.244 e. The van der Waals surface area contributed by atoms with Crippen molar-refractivity contribution < 1.29 is 4.79 Å². The van der Waals surface area contributed by atoms with E-state index >= 15 is 0 Å². The van der Waals surface area contributed by atoms with Gasteiger partial charge in [0.25, 0.3) is 0 Å². The minimum atomic E-state index is -0.214. The predicted octanol–water partition coefficient (Wildman–Crippen LogP) is 4.42. The third-order valence-electron chi connectivity index (χ3n) is 5.26. The number of aromatic nitrogens is 4. The van der Waals surface area contributed by atoms with Crippen LogP contribution >= 0.6 is 11.6 Å². The van der Waals surface area contributed by atoms with Crippen molar-refractivity contribution in [3.05, 3.63) is 88.0 Å². The van der Waals surface area contributed by atoms with E-state index in [1.54, 1.807) is 10.8 Å². The zero-order valence-corrected chi connectivity index (χ0v) is 18.5. The number of imidazole rings is 1. The summed E-state index contributed by atoms with van der Waals surface area (Å²) in [4.78, 5) is 16.9. The predicted molar refractivity (Wildman–Crippen MR) is 124 cm³/mol. The molecule has 0 aliphatic rings. The van der Waals surface area contributed by atoms with E-state index in [-0.39, 0.29) is 5.91 Å². The van der Waals surface area contributed by atoms with E-state index in [0.717, 1.165) is 33.7 Å². The molecule has 0 spiro atoms. The van der Waals surface area contributed by atoms with Crippen LogP contribution in [-0.2, 0) is 24.9 Å². The number of rotatable bonds is 6. The van der Waals surface area contributed by atoms with Crippen LogP contribution in [0.3, 0.4) is 0 Å². The molecule has 0 radical (unpaired) electrons. The number of nitrogens with one attached hydrogen (secondary N) is 1. The summed E-state index contributed by atoms with van der Waals surface area (Å²) in [7, 11) is 1.94. The summed E-state index contributed by atoms with van der Waals surface area (Å²) in [6, 6.07) is 16.1. The molecule has 0 aliphatic heterocycles. The van der Waals surface area contributed by atoms with Gasteiger partial charge in [0.05, 0.1) is 29.8 Å². The van der Waals surface area contributed by atoms with E-state index in [9.17, 15) is 4.79 Å². The number of aryl methyl sites for hydroxylation is 3. The fraction of sp³-hybridized carbons (Fsp3) is 0.208. The quantitative estimate of drug-likeness (QED) is 0.458. The van der Waals surface area contributed by atoms with Crippen LogP contribution in [0.4, 0.5) is 0 Å². The van der Waals surface area contributed by atoms with Crippen molar-refractivity contribution in [1.82, 2.24) is 24.6 Å². The first-order valence-corrected chi connectivity index (χ1v) is 10.4. The molecule has 0 saturated heterocycles. The molecule has 0 fully saturated rings. The molecule has 7 heteroatoms. The molecule has 1 amide bonds. The maximum absolute atomic E-state index is 12.4. The van der Waals surface area contributed by atoms with Gasteiger partial charge in [0, 0.05) is 18.7 Å². The van der Waals surface area contributed by atoms with E-state index in [1.165, 1.54) is 11.6 Å². The summed E-state index contributed by atoms with van der Waals surface area (Å²) >= 11 is 6.54. The first kappa shape index (κ1) is 20.9. The lowest BCUT2D eigenvalue weighted by molar-refractivity contribution is -0.116. The second-order valence-corrected chi connectivity index (χ2v) is 7.92. The number of halogens is 1. The molecule has 6 nitrogen and oxygen atoms in total. The summed E-state index contributed by atoms with van der Waals surface area (Å²) < 4.78 is 3.73. The summed E-state index contributed by atoms with van der Waals surface area (Å²) in [6.45, 7) is 4.86. The Kier molecular flexibility index (Phi) is 5.91. The van der Waals surface area contributed by atoms with Crippen LogP contribution in [0.25, 0.3) is 17.1 Å². The van der Waals surface area contributed by atoms with Crippen LogP contribution in [0.1, 0.15) is 28.2 Å². The number of fused-ring (bicyclic) bond motifs is 1. The summed E-state index contributed by atoms with van der Waals surface area (Å²) in [5.74, 6) is 0.580. The Morgan fingerprint density at radius 3 is 2.61 bits per heavy atom. The number of hydrogen-bond donors (Lipinski definition) is 1. The highest BCUT2D eigenvalue weighted by Gasteiger charge is 2.12.